The highest BCUT2D eigenvalue weighted by molar-refractivity contribution is 6.64. The third kappa shape index (κ3) is 6.92. The first-order chi connectivity index (χ1) is 12.9. The molecule has 0 saturated heterocycles. The molecular formula is C19H16Cl2O6. The van der Waals surface area contributed by atoms with Crippen LogP contribution in [0, 0.1) is 0 Å². The molecule has 0 aromatic heterocycles. The molecule has 0 unspecified atom stereocenters. The standard InChI is InChI=1S/C19H16Cl2O6/c1-2-25-19(24)27-15-8-5-13(11-18(21)23)9-16(15)26-14-6-3-12(4-7-14)10-17(20)22/h3-9H,2,10-11H2,1H3. The minimum atomic E-state index is -0.875. The fourth-order valence-corrected chi connectivity index (χ4v) is 2.50. The molecule has 0 heterocycles. The predicted molar refractivity (Wildman–Crippen MR) is 99.7 cm³/mol. The van der Waals surface area contributed by atoms with Crippen molar-refractivity contribution in [3.05, 3.63) is 53.6 Å². The molecule has 0 saturated carbocycles. The van der Waals surface area contributed by atoms with Crippen molar-refractivity contribution in [3.8, 4) is 17.2 Å². The van der Waals surface area contributed by atoms with Gasteiger partial charge in [-0.2, -0.15) is 0 Å². The van der Waals surface area contributed by atoms with Crippen LogP contribution in [0.5, 0.6) is 17.2 Å². The van der Waals surface area contributed by atoms with Crippen molar-refractivity contribution in [1.29, 1.82) is 0 Å². The van der Waals surface area contributed by atoms with Crippen molar-refractivity contribution in [3.63, 3.8) is 0 Å². The zero-order valence-electron chi connectivity index (χ0n) is 14.4. The summed E-state index contributed by atoms with van der Waals surface area (Å²) in [6.07, 6.45) is -0.778. The number of rotatable bonds is 8. The van der Waals surface area contributed by atoms with E-state index in [1.807, 2.05) is 0 Å². The van der Waals surface area contributed by atoms with Crippen LogP contribution in [0.2, 0.25) is 0 Å². The summed E-state index contributed by atoms with van der Waals surface area (Å²) in [5, 5.41) is -0.998. The summed E-state index contributed by atoms with van der Waals surface area (Å²) in [6, 6.07) is 11.3. The molecule has 27 heavy (non-hydrogen) atoms. The molecule has 0 amide bonds. The van der Waals surface area contributed by atoms with Gasteiger partial charge in [-0.25, -0.2) is 4.79 Å². The van der Waals surface area contributed by atoms with Gasteiger partial charge in [0.15, 0.2) is 11.5 Å². The maximum absolute atomic E-state index is 11.6. The van der Waals surface area contributed by atoms with E-state index in [2.05, 4.69) is 0 Å². The molecule has 0 aliphatic heterocycles. The van der Waals surface area contributed by atoms with Gasteiger partial charge < -0.3 is 14.2 Å². The number of carbonyl (C=O) groups is 3. The second kappa shape index (κ2) is 9.94. The molecule has 0 spiro atoms. The van der Waals surface area contributed by atoms with Crippen LogP contribution in [0.25, 0.3) is 0 Å². The number of benzene rings is 2. The Kier molecular flexibility index (Phi) is 7.64. The zero-order valence-corrected chi connectivity index (χ0v) is 15.9. The van der Waals surface area contributed by atoms with Crippen LogP contribution >= 0.6 is 23.2 Å². The molecule has 0 fully saturated rings. The first kappa shape index (κ1) is 20.7. The Hall–Kier alpha value is -2.57. The largest absolute Gasteiger partial charge is 0.513 e. The first-order valence-corrected chi connectivity index (χ1v) is 8.74. The van der Waals surface area contributed by atoms with Crippen LogP contribution in [0.3, 0.4) is 0 Å². The molecule has 0 atom stereocenters. The third-order valence-electron chi connectivity index (χ3n) is 3.30. The van der Waals surface area contributed by atoms with Crippen molar-refractivity contribution in [2.24, 2.45) is 0 Å². The minimum absolute atomic E-state index is 0.00558. The van der Waals surface area contributed by atoms with Gasteiger partial charge in [0.2, 0.25) is 10.5 Å². The van der Waals surface area contributed by atoms with E-state index in [1.165, 1.54) is 6.07 Å². The van der Waals surface area contributed by atoms with E-state index in [4.69, 9.17) is 37.4 Å². The van der Waals surface area contributed by atoms with Crippen molar-refractivity contribution >= 4 is 39.8 Å². The maximum Gasteiger partial charge on any atom is 0.513 e. The molecule has 0 bridgehead atoms. The summed E-state index contributed by atoms with van der Waals surface area (Å²) >= 11 is 10.8. The van der Waals surface area contributed by atoms with Crippen LogP contribution < -0.4 is 9.47 Å². The number of hydrogen-bond acceptors (Lipinski definition) is 6. The highest BCUT2D eigenvalue weighted by atomic mass is 35.5. The minimum Gasteiger partial charge on any atom is -0.453 e. The molecule has 8 heteroatoms. The van der Waals surface area contributed by atoms with Crippen LogP contribution in [0.4, 0.5) is 4.79 Å². The van der Waals surface area contributed by atoms with Gasteiger partial charge in [0.25, 0.3) is 0 Å². The van der Waals surface area contributed by atoms with Crippen LogP contribution in [0.15, 0.2) is 42.5 Å². The topological polar surface area (TPSA) is 78.9 Å². The first-order valence-electron chi connectivity index (χ1n) is 7.98. The SMILES string of the molecule is CCOC(=O)Oc1ccc(CC(=O)Cl)cc1Oc1ccc(CC(=O)Cl)cc1. The smallest absolute Gasteiger partial charge is 0.453 e. The summed E-state index contributed by atoms with van der Waals surface area (Å²) in [5.74, 6) is 0.766. The van der Waals surface area contributed by atoms with Crippen LogP contribution in [-0.2, 0) is 27.2 Å². The molecule has 0 aliphatic rings. The predicted octanol–water partition coefficient (Wildman–Crippen LogP) is 4.63. The summed E-state index contributed by atoms with van der Waals surface area (Å²) in [4.78, 5) is 33.7. The van der Waals surface area contributed by atoms with Gasteiger partial charge in [-0.3, -0.25) is 9.59 Å². The van der Waals surface area contributed by atoms with E-state index in [0.29, 0.717) is 11.3 Å². The van der Waals surface area contributed by atoms with E-state index in [0.717, 1.165) is 5.56 Å². The summed E-state index contributed by atoms with van der Waals surface area (Å²) in [5.41, 5.74) is 1.32. The van der Waals surface area contributed by atoms with Crippen LogP contribution in [-0.4, -0.2) is 23.2 Å². The van der Waals surface area contributed by atoms with Crippen LogP contribution in [0.1, 0.15) is 18.1 Å². The van der Waals surface area contributed by atoms with E-state index in [1.54, 1.807) is 43.3 Å². The highest BCUT2D eigenvalue weighted by Crippen LogP contribution is 2.33. The lowest BCUT2D eigenvalue weighted by atomic mass is 10.1. The fraction of sp³-hybridized carbons (Fsp3) is 0.211. The molecule has 0 N–H and O–H groups in total. The quantitative estimate of drug-likeness (QED) is 0.358. The van der Waals surface area contributed by atoms with Gasteiger partial charge in [0.05, 0.1) is 6.61 Å². The Bertz CT molecular complexity index is 833. The zero-order chi connectivity index (χ0) is 19.8. The average Bonchev–Trinajstić information content (AvgIpc) is 2.58. The van der Waals surface area contributed by atoms with E-state index >= 15 is 0 Å². The van der Waals surface area contributed by atoms with Gasteiger partial charge >= 0.3 is 6.16 Å². The van der Waals surface area contributed by atoms with E-state index in [-0.39, 0.29) is 30.9 Å². The van der Waals surface area contributed by atoms with Crippen molar-refractivity contribution in [2.75, 3.05) is 6.61 Å². The second-order valence-electron chi connectivity index (χ2n) is 5.38. The summed E-state index contributed by atoms with van der Waals surface area (Å²) < 4.78 is 15.7. The normalized spacial score (nSPS) is 10.2. The Labute approximate surface area is 165 Å². The van der Waals surface area contributed by atoms with Gasteiger partial charge in [-0.1, -0.05) is 18.2 Å². The average molecular weight is 411 g/mol. The lowest BCUT2D eigenvalue weighted by Gasteiger charge is -2.13. The summed E-state index contributed by atoms with van der Waals surface area (Å²) in [7, 11) is 0. The van der Waals surface area contributed by atoms with Gasteiger partial charge in [-0.15, -0.1) is 0 Å². The fourth-order valence-electron chi connectivity index (χ4n) is 2.19. The monoisotopic (exact) mass is 410 g/mol. The molecule has 6 nitrogen and oxygen atoms in total. The molecule has 2 aromatic rings. The van der Waals surface area contributed by atoms with Crippen molar-refractivity contribution < 1.29 is 28.6 Å². The van der Waals surface area contributed by atoms with E-state index < -0.39 is 16.6 Å². The lowest BCUT2D eigenvalue weighted by Crippen LogP contribution is -2.11. The van der Waals surface area contributed by atoms with Gasteiger partial charge in [-0.05, 0) is 65.5 Å². The molecule has 142 valence electrons. The number of ether oxygens (including phenoxy) is 3. The second-order valence-corrected chi connectivity index (χ2v) is 6.22. The Morgan fingerprint density at radius 1 is 0.852 bits per heavy atom. The molecule has 2 aromatic carbocycles. The van der Waals surface area contributed by atoms with E-state index in [9.17, 15) is 14.4 Å². The Morgan fingerprint density at radius 3 is 2.04 bits per heavy atom. The highest BCUT2D eigenvalue weighted by Gasteiger charge is 2.14. The van der Waals surface area contributed by atoms with Crippen molar-refractivity contribution in [1.82, 2.24) is 0 Å². The molecule has 2 rings (SSSR count). The number of hydrogen-bond donors (Lipinski definition) is 0. The molecular weight excluding hydrogens is 395 g/mol. The van der Waals surface area contributed by atoms with Gasteiger partial charge in [0.1, 0.15) is 5.75 Å². The van der Waals surface area contributed by atoms with Crippen molar-refractivity contribution in [2.45, 2.75) is 19.8 Å². The number of halogens is 2. The third-order valence-corrected chi connectivity index (χ3v) is 3.57. The van der Waals surface area contributed by atoms with Gasteiger partial charge in [0, 0.05) is 12.8 Å². The Balaban J connectivity index is 2.25. The molecule has 0 aliphatic carbocycles. The summed E-state index contributed by atoms with van der Waals surface area (Å²) in [6.45, 7) is 1.82. The Morgan fingerprint density at radius 2 is 1.44 bits per heavy atom. The lowest BCUT2D eigenvalue weighted by molar-refractivity contribution is -0.111. The maximum atomic E-state index is 11.6. The molecule has 0 radical (unpaired) electrons. The number of carbonyl (C=O) groups excluding carboxylic acids is 3.